The summed E-state index contributed by atoms with van der Waals surface area (Å²) in [4.78, 5) is 8.28. The number of hydrogen-bond acceptors (Lipinski definition) is 2. The van der Waals surface area contributed by atoms with Crippen LogP contribution in [-0.2, 0) is 0 Å². The highest BCUT2D eigenvalue weighted by atomic mass is 127. The molecule has 0 bridgehead atoms. The van der Waals surface area contributed by atoms with Gasteiger partial charge in [0.25, 0.3) is 0 Å². The van der Waals surface area contributed by atoms with E-state index in [0.717, 1.165) is 14.6 Å². The molecule has 72 valence electrons. The summed E-state index contributed by atoms with van der Waals surface area (Å²) >= 11 is 8.31. The molecular weight excluding hydrogens is 312 g/mol. The molecule has 0 spiro atoms. The number of nitrogens with zero attached hydrogens (tertiary/aromatic N) is 3. The lowest BCUT2D eigenvalue weighted by molar-refractivity contribution is 0.764. The Morgan fingerprint density at radius 2 is 2.21 bits per heavy atom. The van der Waals surface area contributed by atoms with E-state index in [9.17, 15) is 0 Å². The first-order valence-electron chi connectivity index (χ1n) is 4.44. The molecule has 0 aliphatic heterocycles. The van der Waals surface area contributed by atoms with Crippen molar-refractivity contribution < 1.29 is 0 Å². The molecule has 2 aromatic rings. The van der Waals surface area contributed by atoms with Crippen LogP contribution in [0.15, 0.2) is 12.5 Å². The number of halogens is 2. The van der Waals surface area contributed by atoms with Crippen molar-refractivity contribution in [2.75, 3.05) is 0 Å². The van der Waals surface area contributed by atoms with Gasteiger partial charge in [0.15, 0.2) is 0 Å². The van der Waals surface area contributed by atoms with Crippen LogP contribution in [0, 0.1) is 3.57 Å². The van der Waals surface area contributed by atoms with E-state index in [1.54, 1.807) is 0 Å². The SMILES string of the molecule is Clc1ncnc2c1c(I)cn2C1CC1. The standard InChI is InChI=1S/C9H7ClIN3/c10-8-7-6(11)3-14(5-1-2-5)9(7)13-4-12-8/h3-5H,1-2H2. The van der Waals surface area contributed by atoms with Gasteiger partial charge in [0.2, 0.25) is 0 Å². The Hall–Kier alpha value is -0.360. The fourth-order valence-electron chi connectivity index (χ4n) is 1.64. The summed E-state index contributed by atoms with van der Waals surface area (Å²) in [7, 11) is 0. The van der Waals surface area contributed by atoms with Crippen LogP contribution in [0.3, 0.4) is 0 Å². The van der Waals surface area contributed by atoms with Gasteiger partial charge in [0.05, 0.1) is 5.39 Å². The Morgan fingerprint density at radius 1 is 1.43 bits per heavy atom. The third-order valence-electron chi connectivity index (χ3n) is 2.46. The Morgan fingerprint density at radius 3 is 2.93 bits per heavy atom. The highest BCUT2D eigenvalue weighted by Crippen LogP contribution is 2.39. The van der Waals surface area contributed by atoms with Crippen LogP contribution >= 0.6 is 34.2 Å². The van der Waals surface area contributed by atoms with Gasteiger partial charge in [0, 0.05) is 15.8 Å². The Kier molecular flexibility index (Phi) is 1.95. The Bertz CT molecular complexity index is 504. The third kappa shape index (κ3) is 1.24. The molecule has 3 nitrogen and oxygen atoms in total. The van der Waals surface area contributed by atoms with Crippen molar-refractivity contribution in [2.24, 2.45) is 0 Å². The van der Waals surface area contributed by atoms with E-state index in [0.29, 0.717) is 11.2 Å². The van der Waals surface area contributed by atoms with Crippen LogP contribution < -0.4 is 0 Å². The first kappa shape index (κ1) is 8.91. The molecule has 0 atom stereocenters. The minimum atomic E-state index is 0.554. The molecule has 0 amide bonds. The molecule has 5 heteroatoms. The van der Waals surface area contributed by atoms with Crippen LogP contribution in [0.5, 0.6) is 0 Å². The highest BCUT2D eigenvalue weighted by molar-refractivity contribution is 14.1. The first-order chi connectivity index (χ1) is 6.77. The number of rotatable bonds is 1. The topological polar surface area (TPSA) is 30.7 Å². The maximum Gasteiger partial charge on any atom is 0.146 e. The van der Waals surface area contributed by atoms with Gasteiger partial charge in [-0.3, -0.25) is 0 Å². The zero-order valence-electron chi connectivity index (χ0n) is 7.24. The number of aromatic nitrogens is 3. The van der Waals surface area contributed by atoms with Gasteiger partial charge in [-0.15, -0.1) is 0 Å². The predicted molar refractivity (Wildman–Crippen MR) is 63.5 cm³/mol. The Labute approximate surface area is 99.6 Å². The highest BCUT2D eigenvalue weighted by Gasteiger charge is 2.26. The Balaban J connectivity index is 2.37. The second-order valence-electron chi connectivity index (χ2n) is 3.48. The minimum Gasteiger partial charge on any atom is -0.328 e. The van der Waals surface area contributed by atoms with Crippen molar-refractivity contribution in [3.8, 4) is 0 Å². The molecule has 3 rings (SSSR count). The van der Waals surface area contributed by atoms with E-state index < -0.39 is 0 Å². The van der Waals surface area contributed by atoms with Crippen LogP contribution in [0.1, 0.15) is 18.9 Å². The molecule has 0 unspecified atom stereocenters. The monoisotopic (exact) mass is 319 g/mol. The third-order valence-corrected chi connectivity index (χ3v) is 3.56. The largest absolute Gasteiger partial charge is 0.328 e. The fraction of sp³-hybridized carbons (Fsp3) is 0.333. The van der Waals surface area contributed by atoms with Crippen molar-refractivity contribution in [3.63, 3.8) is 0 Å². The van der Waals surface area contributed by atoms with E-state index >= 15 is 0 Å². The summed E-state index contributed by atoms with van der Waals surface area (Å²) < 4.78 is 3.35. The van der Waals surface area contributed by atoms with Gasteiger partial charge in [-0.05, 0) is 35.4 Å². The first-order valence-corrected chi connectivity index (χ1v) is 5.89. The molecule has 0 N–H and O–H groups in total. The molecule has 2 aromatic heterocycles. The lowest BCUT2D eigenvalue weighted by Gasteiger charge is -1.99. The van der Waals surface area contributed by atoms with Crippen LogP contribution in [0.25, 0.3) is 11.0 Å². The summed E-state index contributed by atoms with van der Waals surface area (Å²) in [5.41, 5.74) is 0.969. The van der Waals surface area contributed by atoms with Crippen molar-refractivity contribution in [1.29, 1.82) is 0 Å². The van der Waals surface area contributed by atoms with E-state index in [2.05, 4.69) is 43.3 Å². The van der Waals surface area contributed by atoms with Gasteiger partial charge in [-0.1, -0.05) is 11.6 Å². The van der Waals surface area contributed by atoms with Crippen molar-refractivity contribution >= 4 is 45.2 Å². The van der Waals surface area contributed by atoms with Crippen molar-refractivity contribution in [2.45, 2.75) is 18.9 Å². The second-order valence-corrected chi connectivity index (χ2v) is 5.00. The quantitative estimate of drug-likeness (QED) is 0.597. The molecule has 0 saturated heterocycles. The molecule has 2 heterocycles. The van der Waals surface area contributed by atoms with E-state index in [4.69, 9.17) is 11.6 Å². The summed E-state index contributed by atoms with van der Waals surface area (Å²) in [6.07, 6.45) is 6.14. The molecule has 1 saturated carbocycles. The normalized spacial score (nSPS) is 16.4. The van der Waals surface area contributed by atoms with E-state index in [1.165, 1.54) is 19.2 Å². The van der Waals surface area contributed by atoms with Gasteiger partial charge < -0.3 is 4.57 Å². The summed E-state index contributed by atoms with van der Waals surface area (Å²) in [6.45, 7) is 0. The lowest BCUT2D eigenvalue weighted by atomic mass is 10.4. The summed E-state index contributed by atoms with van der Waals surface area (Å²) in [5.74, 6) is 0. The maximum atomic E-state index is 6.03. The zero-order chi connectivity index (χ0) is 9.71. The average Bonchev–Trinajstić information content (AvgIpc) is 2.93. The van der Waals surface area contributed by atoms with Gasteiger partial charge >= 0.3 is 0 Å². The zero-order valence-corrected chi connectivity index (χ0v) is 10.2. The van der Waals surface area contributed by atoms with Crippen molar-refractivity contribution in [3.05, 3.63) is 21.2 Å². The van der Waals surface area contributed by atoms with Gasteiger partial charge in [0.1, 0.15) is 17.1 Å². The number of hydrogen-bond donors (Lipinski definition) is 0. The fourth-order valence-corrected chi connectivity index (χ4v) is 2.82. The average molecular weight is 320 g/mol. The van der Waals surface area contributed by atoms with Crippen LogP contribution in [0.2, 0.25) is 5.15 Å². The molecule has 1 fully saturated rings. The second kappa shape index (κ2) is 3.06. The minimum absolute atomic E-state index is 0.554. The molecule has 0 radical (unpaired) electrons. The summed E-state index contributed by atoms with van der Waals surface area (Å²) in [6, 6.07) is 0.631. The maximum absolute atomic E-state index is 6.03. The predicted octanol–water partition coefficient (Wildman–Crippen LogP) is 3.02. The van der Waals surface area contributed by atoms with Crippen LogP contribution in [-0.4, -0.2) is 14.5 Å². The smallest absolute Gasteiger partial charge is 0.146 e. The van der Waals surface area contributed by atoms with Crippen molar-refractivity contribution in [1.82, 2.24) is 14.5 Å². The molecule has 1 aliphatic carbocycles. The van der Waals surface area contributed by atoms with E-state index in [1.807, 2.05) is 0 Å². The van der Waals surface area contributed by atoms with E-state index in [-0.39, 0.29) is 0 Å². The summed E-state index contributed by atoms with van der Waals surface area (Å²) in [5, 5.41) is 1.54. The molecular formula is C9H7ClIN3. The molecule has 0 aromatic carbocycles. The number of fused-ring (bicyclic) bond motifs is 1. The lowest BCUT2D eigenvalue weighted by Crippen LogP contribution is -1.93. The van der Waals surface area contributed by atoms with Gasteiger partial charge in [-0.2, -0.15) is 0 Å². The van der Waals surface area contributed by atoms with Gasteiger partial charge in [-0.25, -0.2) is 9.97 Å². The van der Waals surface area contributed by atoms with Crippen LogP contribution in [0.4, 0.5) is 0 Å². The molecule has 14 heavy (non-hydrogen) atoms. The molecule has 1 aliphatic rings.